The van der Waals surface area contributed by atoms with Gasteiger partial charge in [0.2, 0.25) is 0 Å². The molecule has 0 atom stereocenters. The van der Waals surface area contributed by atoms with Crippen LogP contribution in [0, 0.1) is 12.8 Å². The first-order valence-corrected chi connectivity index (χ1v) is 11.7. The summed E-state index contributed by atoms with van der Waals surface area (Å²) in [6.07, 6.45) is 7.05. The Morgan fingerprint density at radius 1 is 1.09 bits per heavy atom. The lowest BCUT2D eigenvalue weighted by molar-refractivity contribution is -0.135. The molecule has 0 spiro atoms. The fourth-order valence-corrected chi connectivity index (χ4v) is 4.33. The first-order chi connectivity index (χ1) is 16.9. The van der Waals surface area contributed by atoms with E-state index in [-0.39, 0.29) is 11.4 Å². The third kappa shape index (κ3) is 6.32. The third-order valence-corrected chi connectivity index (χ3v) is 6.24. The lowest BCUT2D eigenvalue weighted by Gasteiger charge is -2.33. The molecule has 182 valence electrons. The Morgan fingerprint density at radius 3 is 2.49 bits per heavy atom. The minimum atomic E-state index is -1.17. The van der Waals surface area contributed by atoms with Crippen LogP contribution >= 0.6 is 0 Å². The van der Waals surface area contributed by atoms with Crippen LogP contribution in [0.5, 0.6) is 5.75 Å². The molecule has 1 amide bonds. The van der Waals surface area contributed by atoms with Gasteiger partial charge >= 0.3 is 5.97 Å². The first kappa shape index (κ1) is 24.1. The molecule has 1 aromatic carbocycles. The molecular formula is C26H29N5O4. The molecule has 3 aromatic rings. The number of carboxylic acid groups (broad SMARTS) is 1. The summed E-state index contributed by atoms with van der Waals surface area (Å²) in [5.41, 5.74) is 3.76. The summed E-state index contributed by atoms with van der Waals surface area (Å²) in [5, 5.41) is 21.2. The topological polar surface area (TPSA) is 129 Å². The fraction of sp³-hybridized carbons (Fsp3) is 0.346. The maximum absolute atomic E-state index is 12.3. The molecule has 35 heavy (non-hydrogen) atoms. The number of pyridine rings is 1. The minimum Gasteiger partial charge on any atom is -0.504 e. The van der Waals surface area contributed by atoms with E-state index in [1.807, 2.05) is 12.3 Å². The van der Waals surface area contributed by atoms with Crippen molar-refractivity contribution in [2.75, 3.05) is 24.5 Å². The highest BCUT2D eigenvalue weighted by Gasteiger charge is 2.23. The van der Waals surface area contributed by atoms with Gasteiger partial charge in [-0.15, -0.1) is 0 Å². The predicted octanol–water partition coefficient (Wildman–Crippen LogP) is 2.75. The summed E-state index contributed by atoms with van der Waals surface area (Å²) in [4.78, 5) is 38.1. The highest BCUT2D eigenvalue weighted by molar-refractivity contribution is 5.96. The molecule has 0 unspecified atom stereocenters. The van der Waals surface area contributed by atoms with E-state index in [1.165, 1.54) is 16.8 Å². The van der Waals surface area contributed by atoms with Gasteiger partial charge in [-0.05, 0) is 61.4 Å². The number of hydrogen-bond donors (Lipinski definition) is 3. The van der Waals surface area contributed by atoms with E-state index in [2.05, 4.69) is 55.5 Å². The largest absolute Gasteiger partial charge is 0.504 e. The van der Waals surface area contributed by atoms with Gasteiger partial charge in [-0.2, -0.15) is 0 Å². The van der Waals surface area contributed by atoms with Gasteiger partial charge in [-0.25, -0.2) is 9.97 Å². The second kappa shape index (κ2) is 10.9. The van der Waals surface area contributed by atoms with Gasteiger partial charge in [-0.3, -0.25) is 14.6 Å². The van der Waals surface area contributed by atoms with Gasteiger partial charge in [0.25, 0.3) is 5.91 Å². The second-order valence-corrected chi connectivity index (χ2v) is 8.84. The van der Waals surface area contributed by atoms with Gasteiger partial charge in [0.1, 0.15) is 12.4 Å². The van der Waals surface area contributed by atoms with E-state index in [0.29, 0.717) is 23.9 Å². The van der Waals surface area contributed by atoms with E-state index in [0.717, 1.165) is 32.4 Å². The van der Waals surface area contributed by atoms with Gasteiger partial charge in [-0.1, -0.05) is 18.2 Å². The Hall–Kier alpha value is -4.01. The summed E-state index contributed by atoms with van der Waals surface area (Å²) in [7, 11) is 0. The number of nitrogens with zero attached hydrogens (tertiary/aromatic N) is 4. The molecule has 0 bridgehead atoms. The highest BCUT2D eigenvalue weighted by Crippen LogP contribution is 2.27. The molecule has 3 N–H and O–H groups in total. The molecular weight excluding hydrogens is 446 g/mol. The Labute approximate surface area is 203 Å². The monoisotopic (exact) mass is 475 g/mol. The number of amides is 1. The van der Waals surface area contributed by atoms with Crippen LogP contribution in [0.3, 0.4) is 0 Å². The van der Waals surface area contributed by atoms with E-state index in [9.17, 15) is 14.7 Å². The Balaban J connectivity index is 1.33. The van der Waals surface area contributed by atoms with Crippen molar-refractivity contribution in [3.8, 4) is 5.75 Å². The standard InChI is InChI=1S/C26H29N5O4/c1-17-25(34)24(26(35)28-16-23(32)33)30-22(29-17)14-19-8-11-31(12-9-19)21-6-4-18(5-7-21)13-20-3-2-10-27-15-20/h2-7,10,15,19,34H,8-9,11-14,16H2,1H3,(H,28,35)(H,32,33). The van der Waals surface area contributed by atoms with E-state index >= 15 is 0 Å². The number of aromatic nitrogens is 3. The Kier molecular flexibility index (Phi) is 7.54. The summed E-state index contributed by atoms with van der Waals surface area (Å²) in [6, 6.07) is 12.7. The number of carbonyl (C=O) groups excluding carboxylic acids is 1. The molecule has 4 rings (SSSR count). The zero-order valence-corrected chi connectivity index (χ0v) is 19.6. The minimum absolute atomic E-state index is 0.183. The molecule has 0 saturated carbocycles. The number of carboxylic acids is 1. The fourth-order valence-electron chi connectivity index (χ4n) is 4.33. The van der Waals surface area contributed by atoms with E-state index in [1.54, 1.807) is 13.1 Å². The number of rotatable bonds is 8. The van der Waals surface area contributed by atoms with Gasteiger partial charge in [0.05, 0.1) is 5.69 Å². The normalized spacial score (nSPS) is 14.0. The molecule has 0 radical (unpaired) electrons. The lowest BCUT2D eigenvalue weighted by Crippen LogP contribution is -2.34. The lowest BCUT2D eigenvalue weighted by atomic mass is 9.92. The number of anilines is 1. The molecule has 1 aliphatic rings. The Bertz CT molecular complexity index is 1180. The number of aromatic hydroxyl groups is 1. The van der Waals surface area contributed by atoms with E-state index in [4.69, 9.17) is 5.11 Å². The van der Waals surface area contributed by atoms with Crippen LogP contribution in [0.4, 0.5) is 5.69 Å². The molecule has 9 heteroatoms. The van der Waals surface area contributed by atoms with Crippen molar-refractivity contribution in [2.45, 2.75) is 32.6 Å². The first-order valence-electron chi connectivity index (χ1n) is 11.7. The van der Waals surface area contributed by atoms with Crippen LogP contribution in [0.1, 0.15) is 46.0 Å². The molecule has 9 nitrogen and oxygen atoms in total. The average molecular weight is 476 g/mol. The number of nitrogens with one attached hydrogen (secondary N) is 1. The smallest absolute Gasteiger partial charge is 0.322 e. The van der Waals surface area contributed by atoms with Crippen LogP contribution in [0.2, 0.25) is 0 Å². The predicted molar refractivity (Wildman–Crippen MR) is 131 cm³/mol. The Morgan fingerprint density at radius 2 is 1.83 bits per heavy atom. The number of piperidine rings is 1. The van der Waals surface area contributed by atoms with Crippen molar-refractivity contribution in [3.05, 3.63) is 77.1 Å². The highest BCUT2D eigenvalue weighted by atomic mass is 16.4. The van der Waals surface area contributed by atoms with Crippen molar-refractivity contribution in [2.24, 2.45) is 5.92 Å². The van der Waals surface area contributed by atoms with Crippen LogP contribution in [0.15, 0.2) is 48.8 Å². The van der Waals surface area contributed by atoms with Crippen molar-refractivity contribution in [3.63, 3.8) is 0 Å². The maximum Gasteiger partial charge on any atom is 0.322 e. The number of hydrogen-bond acceptors (Lipinski definition) is 7. The maximum atomic E-state index is 12.3. The van der Waals surface area contributed by atoms with Crippen LogP contribution in [0.25, 0.3) is 0 Å². The van der Waals surface area contributed by atoms with Crippen molar-refractivity contribution in [1.82, 2.24) is 20.3 Å². The van der Waals surface area contributed by atoms with Crippen molar-refractivity contribution in [1.29, 1.82) is 0 Å². The van der Waals surface area contributed by atoms with Crippen LogP contribution in [-0.4, -0.2) is 56.7 Å². The van der Waals surface area contributed by atoms with Crippen LogP contribution in [-0.2, 0) is 17.6 Å². The van der Waals surface area contributed by atoms with Crippen molar-refractivity contribution >= 4 is 17.6 Å². The molecule has 1 saturated heterocycles. The van der Waals surface area contributed by atoms with Gasteiger partial charge in [0, 0.05) is 37.6 Å². The SMILES string of the molecule is Cc1nc(CC2CCN(c3ccc(Cc4cccnc4)cc3)CC2)nc(C(=O)NCC(=O)O)c1O. The molecule has 1 fully saturated rings. The van der Waals surface area contributed by atoms with Gasteiger partial charge in [0.15, 0.2) is 11.4 Å². The van der Waals surface area contributed by atoms with Gasteiger partial charge < -0.3 is 20.4 Å². The quantitative estimate of drug-likeness (QED) is 0.454. The third-order valence-electron chi connectivity index (χ3n) is 6.24. The molecule has 2 aromatic heterocycles. The molecule has 3 heterocycles. The van der Waals surface area contributed by atoms with E-state index < -0.39 is 18.4 Å². The summed E-state index contributed by atoms with van der Waals surface area (Å²) >= 11 is 0. The average Bonchev–Trinajstić information content (AvgIpc) is 2.86. The number of aryl methyl sites for hydroxylation is 1. The second-order valence-electron chi connectivity index (χ2n) is 8.84. The molecule has 0 aliphatic carbocycles. The summed E-state index contributed by atoms with van der Waals surface area (Å²) < 4.78 is 0. The number of benzene rings is 1. The van der Waals surface area contributed by atoms with Crippen molar-refractivity contribution < 1.29 is 19.8 Å². The summed E-state index contributed by atoms with van der Waals surface area (Å²) in [5.74, 6) is -1.37. The number of carbonyl (C=O) groups is 2. The molecule has 1 aliphatic heterocycles. The van der Waals surface area contributed by atoms with Crippen LogP contribution < -0.4 is 10.2 Å². The zero-order valence-electron chi connectivity index (χ0n) is 19.6. The number of aliphatic carboxylic acids is 1. The summed E-state index contributed by atoms with van der Waals surface area (Å²) in [6.45, 7) is 2.89. The zero-order chi connectivity index (χ0) is 24.8.